The summed E-state index contributed by atoms with van der Waals surface area (Å²) in [5.41, 5.74) is 3.71. The summed E-state index contributed by atoms with van der Waals surface area (Å²) in [7, 11) is 0. The molecule has 0 aliphatic carbocycles. The van der Waals surface area contributed by atoms with E-state index in [0.29, 0.717) is 34.1 Å². The van der Waals surface area contributed by atoms with Crippen molar-refractivity contribution in [1.82, 2.24) is 9.97 Å². The third-order valence-corrected chi connectivity index (χ3v) is 5.66. The van der Waals surface area contributed by atoms with E-state index in [1.54, 1.807) is 42.6 Å². The molecule has 38 heavy (non-hydrogen) atoms. The number of alkyl halides is 3. The zero-order valence-corrected chi connectivity index (χ0v) is 19.9. The van der Waals surface area contributed by atoms with Crippen LogP contribution in [-0.2, 0) is 11.0 Å². The van der Waals surface area contributed by atoms with Gasteiger partial charge in [0.25, 0.3) is 5.91 Å². The fourth-order valence-corrected chi connectivity index (χ4v) is 3.97. The molecule has 1 aliphatic heterocycles. The SMILES string of the molecule is Cc1cnc(/C=C2\C(=O)Nc3cc(Nc4cccc(NC(=O)Nc5cccc(C(F)(F)F)c5)c4)ccc32)[nH]1. The number of aromatic amines is 1. The van der Waals surface area contributed by atoms with E-state index in [0.717, 1.165) is 23.4 Å². The average molecular weight is 518 g/mol. The molecule has 1 aromatic heterocycles. The zero-order chi connectivity index (χ0) is 26.9. The summed E-state index contributed by atoms with van der Waals surface area (Å²) in [6.07, 6.45) is -1.13. The van der Waals surface area contributed by atoms with Crippen LogP contribution in [0.5, 0.6) is 0 Å². The number of carbonyl (C=O) groups is 2. The zero-order valence-electron chi connectivity index (χ0n) is 19.9. The maximum absolute atomic E-state index is 12.9. The number of carbonyl (C=O) groups excluding carboxylic acids is 2. The Labute approximate surface area is 215 Å². The highest BCUT2D eigenvalue weighted by atomic mass is 19.4. The van der Waals surface area contributed by atoms with Crippen molar-refractivity contribution in [3.63, 3.8) is 0 Å². The molecule has 0 fully saturated rings. The molecule has 0 radical (unpaired) electrons. The minimum atomic E-state index is -4.51. The number of nitrogens with one attached hydrogen (secondary N) is 5. The third kappa shape index (κ3) is 5.51. The lowest BCUT2D eigenvalue weighted by molar-refractivity contribution is -0.137. The van der Waals surface area contributed by atoms with Crippen molar-refractivity contribution in [3.05, 3.63) is 95.6 Å². The number of nitrogens with zero attached hydrogens (tertiary/aromatic N) is 1. The van der Waals surface area contributed by atoms with E-state index in [2.05, 4.69) is 31.2 Å². The predicted octanol–water partition coefficient (Wildman–Crippen LogP) is 6.62. The number of urea groups is 1. The summed E-state index contributed by atoms with van der Waals surface area (Å²) in [5, 5.41) is 11.1. The molecule has 0 bridgehead atoms. The van der Waals surface area contributed by atoms with Crippen LogP contribution in [0.2, 0.25) is 0 Å². The molecular weight excluding hydrogens is 497 g/mol. The average Bonchev–Trinajstić information content (AvgIpc) is 3.40. The van der Waals surface area contributed by atoms with Crippen molar-refractivity contribution in [2.75, 3.05) is 21.3 Å². The largest absolute Gasteiger partial charge is 0.416 e. The molecule has 0 spiro atoms. The number of halogens is 3. The van der Waals surface area contributed by atoms with Crippen LogP contribution in [-0.4, -0.2) is 21.9 Å². The van der Waals surface area contributed by atoms with Gasteiger partial charge in [-0.05, 0) is 61.5 Å². The van der Waals surface area contributed by atoms with Crippen LogP contribution in [0.15, 0.2) is 72.9 Å². The van der Waals surface area contributed by atoms with Gasteiger partial charge in [0.05, 0.1) is 16.8 Å². The molecule has 3 amide bonds. The Morgan fingerprint density at radius 3 is 2.32 bits per heavy atom. The lowest BCUT2D eigenvalue weighted by Gasteiger charge is -2.12. The quantitative estimate of drug-likeness (QED) is 0.191. The maximum Gasteiger partial charge on any atom is 0.416 e. The standard InChI is InChI=1S/C27H21F3N6O2/c1-15-14-31-24(32-15)13-22-21-9-8-20(12-23(21)36-25(22)37)33-18-6-3-7-19(11-18)35-26(38)34-17-5-2-4-16(10-17)27(28,29)30/h2-14,33H,1H3,(H,31,32)(H,36,37)(H2,34,35,38)/b22-13-. The van der Waals surface area contributed by atoms with Crippen LogP contribution in [0.4, 0.5) is 46.4 Å². The van der Waals surface area contributed by atoms with Crippen molar-refractivity contribution in [3.8, 4) is 0 Å². The summed E-state index contributed by atoms with van der Waals surface area (Å²) in [4.78, 5) is 32.2. The Morgan fingerprint density at radius 1 is 0.921 bits per heavy atom. The van der Waals surface area contributed by atoms with E-state index in [-0.39, 0.29) is 11.6 Å². The number of anilines is 5. The molecule has 0 atom stereocenters. The summed E-state index contributed by atoms with van der Waals surface area (Å²) in [5.74, 6) is 0.355. The molecule has 0 saturated heterocycles. The highest BCUT2D eigenvalue weighted by Gasteiger charge is 2.30. The van der Waals surface area contributed by atoms with Gasteiger partial charge >= 0.3 is 12.2 Å². The Kier molecular flexibility index (Phi) is 6.33. The minimum Gasteiger partial charge on any atom is -0.355 e. The topological polar surface area (TPSA) is 111 Å². The van der Waals surface area contributed by atoms with E-state index in [1.807, 2.05) is 19.1 Å². The number of hydrogen-bond donors (Lipinski definition) is 5. The second kappa shape index (κ2) is 9.77. The highest BCUT2D eigenvalue weighted by molar-refractivity contribution is 6.34. The molecule has 8 nitrogen and oxygen atoms in total. The van der Waals surface area contributed by atoms with Crippen LogP contribution >= 0.6 is 0 Å². The van der Waals surface area contributed by atoms with E-state index in [1.165, 1.54) is 12.1 Å². The predicted molar refractivity (Wildman–Crippen MR) is 140 cm³/mol. The highest BCUT2D eigenvalue weighted by Crippen LogP contribution is 2.36. The Balaban J connectivity index is 1.27. The normalized spacial score (nSPS) is 13.7. The van der Waals surface area contributed by atoms with E-state index in [9.17, 15) is 22.8 Å². The summed E-state index contributed by atoms with van der Waals surface area (Å²) in [6.45, 7) is 1.88. The number of fused-ring (bicyclic) bond motifs is 1. The van der Waals surface area contributed by atoms with Gasteiger partial charge in [-0.1, -0.05) is 18.2 Å². The fraction of sp³-hybridized carbons (Fsp3) is 0.0741. The molecule has 5 N–H and O–H groups in total. The van der Waals surface area contributed by atoms with Gasteiger partial charge in [0, 0.05) is 40.2 Å². The number of aromatic nitrogens is 2. The number of H-pyrrole nitrogens is 1. The van der Waals surface area contributed by atoms with Crippen LogP contribution in [0.3, 0.4) is 0 Å². The number of amides is 3. The molecule has 2 heterocycles. The van der Waals surface area contributed by atoms with Crippen molar-refractivity contribution in [2.24, 2.45) is 0 Å². The second-order valence-corrected chi connectivity index (χ2v) is 8.59. The Morgan fingerprint density at radius 2 is 1.61 bits per heavy atom. The van der Waals surface area contributed by atoms with Gasteiger partial charge in [-0.3, -0.25) is 4.79 Å². The van der Waals surface area contributed by atoms with Gasteiger partial charge in [0.2, 0.25) is 0 Å². The minimum absolute atomic E-state index is 0.0161. The van der Waals surface area contributed by atoms with Gasteiger partial charge in [-0.25, -0.2) is 9.78 Å². The first kappa shape index (κ1) is 24.6. The number of imidazole rings is 1. The van der Waals surface area contributed by atoms with Crippen LogP contribution in [0.25, 0.3) is 11.6 Å². The van der Waals surface area contributed by atoms with Crippen LogP contribution in [0, 0.1) is 6.92 Å². The van der Waals surface area contributed by atoms with E-state index < -0.39 is 17.8 Å². The molecule has 0 unspecified atom stereocenters. The molecule has 11 heteroatoms. The summed E-state index contributed by atoms with van der Waals surface area (Å²) < 4.78 is 38.7. The van der Waals surface area contributed by atoms with Crippen LogP contribution in [0.1, 0.15) is 22.6 Å². The Hall–Kier alpha value is -5.06. The van der Waals surface area contributed by atoms with Gasteiger partial charge in [0.15, 0.2) is 0 Å². The van der Waals surface area contributed by atoms with Crippen molar-refractivity contribution < 1.29 is 22.8 Å². The van der Waals surface area contributed by atoms with Crippen LogP contribution < -0.4 is 21.3 Å². The number of benzene rings is 3. The van der Waals surface area contributed by atoms with Gasteiger partial charge < -0.3 is 26.3 Å². The molecule has 0 saturated carbocycles. The molecule has 4 aromatic rings. The monoisotopic (exact) mass is 518 g/mol. The van der Waals surface area contributed by atoms with Crippen molar-refractivity contribution in [2.45, 2.75) is 13.1 Å². The number of hydrogen-bond acceptors (Lipinski definition) is 4. The Bertz CT molecular complexity index is 1580. The molecule has 3 aromatic carbocycles. The second-order valence-electron chi connectivity index (χ2n) is 8.59. The molecule has 192 valence electrons. The van der Waals surface area contributed by atoms with E-state index >= 15 is 0 Å². The number of aryl methyl sites for hydroxylation is 1. The number of rotatable bonds is 5. The lowest BCUT2D eigenvalue weighted by atomic mass is 10.1. The third-order valence-electron chi connectivity index (χ3n) is 5.66. The molecule has 1 aliphatic rings. The smallest absolute Gasteiger partial charge is 0.355 e. The summed E-state index contributed by atoms with van der Waals surface area (Å²) in [6, 6.07) is 15.9. The van der Waals surface area contributed by atoms with E-state index in [4.69, 9.17) is 0 Å². The van der Waals surface area contributed by atoms with Crippen molar-refractivity contribution in [1.29, 1.82) is 0 Å². The first-order valence-corrected chi connectivity index (χ1v) is 11.5. The van der Waals surface area contributed by atoms with Gasteiger partial charge in [-0.15, -0.1) is 0 Å². The molecule has 5 rings (SSSR count). The first-order valence-electron chi connectivity index (χ1n) is 11.5. The van der Waals surface area contributed by atoms with Gasteiger partial charge in [0.1, 0.15) is 5.82 Å². The van der Waals surface area contributed by atoms with Crippen molar-refractivity contribution >= 4 is 52.0 Å². The summed E-state index contributed by atoms with van der Waals surface area (Å²) >= 11 is 0. The maximum atomic E-state index is 12.9. The lowest BCUT2D eigenvalue weighted by Crippen LogP contribution is -2.19. The fourth-order valence-electron chi connectivity index (χ4n) is 3.97. The first-order chi connectivity index (χ1) is 18.1. The van der Waals surface area contributed by atoms with Gasteiger partial charge in [-0.2, -0.15) is 13.2 Å². The molecular formula is C27H21F3N6O2.